The molecule has 1 amide bonds. The van der Waals surface area contributed by atoms with Gasteiger partial charge in [0.15, 0.2) is 6.23 Å². The van der Waals surface area contributed by atoms with Crippen molar-refractivity contribution in [3.8, 4) is 5.75 Å². The van der Waals surface area contributed by atoms with Gasteiger partial charge in [0.1, 0.15) is 5.75 Å². The highest BCUT2D eigenvalue weighted by Gasteiger charge is 2.31. The van der Waals surface area contributed by atoms with Gasteiger partial charge in [-0.2, -0.15) is 0 Å². The van der Waals surface area contributed by atoms with Crippen molar-refractivity contribution in [2.45, 2.75) is 12.8 Å². The quantitative estimate of drug-likeness (QED) is 0.608. The molecule has 4 nitrogen and oxygen atoms in total. The van der Waals surface area contributed by atoms with Gasteiger partial charge in [0.2, 0.25) is 0 Å². The number of carbonyl (C=O) groups is 1. The van der Waals surface area contributed by atoms with Crippen molar-refractivity contribution in [2.24, 2.45) is 0 Å². The predicted molar refractivity (Wildman–Crippen MR) is 110 cm³/mol. The van der Waals surface area contributed by atoms with Crippen molar-refractivity contribution >= 4 is 17.7 Å². The summed E-state index contributed by atoms with van der Waals surface area (Å²) in [5.41, 5.74) is 3.76. The lowest BCUT2D eigenvalue weighted by atomic mass is 10.1. The Balaban J connectivity index is 1.66. The van der Waals surface area contributed by atoms with Crippen LogP contribution in [0.2, 0.25) is 0 Å². The van der Waals surface area contributed by atoms with Gasteiger partial charge in [-0.3, -0.25) is 9.69 Å². The first-order valence-electron chi connectivity index (χ1n) is 9.16. The summed E-state index contributed by atoms with van der Waals surface area (Å²) in [4.78, 5) is 14.9. The molecule has 1 aliphatic heterocycles. The maximum absolute atomic E-state index is 13.2. The summed E-state index contributed by atoms with van der Waals surface area (Å²) < 4.78 is 11.2. The van der Waals surface area contributed by atoms with Crippen LogP contribution in [0.4, 0.5) is 5.69 Å². The molecule has 4 rings (SSSR count). The molecular formula is C24H21NO3. The van der Waals surface area contributed by atoms with E-state index < -0.39 is 6.23 Å². The van der Waals surface area contributed by atoms with Gasteiger partial charge in [-0.1, -0.05) is 60.7 Å². The summed E-state index contributed by atoms with van der Waals surface area (Å²) in [5, 5.41) is 0. The zero-order chi connectivity index (χ0) is 19.3. The van der Waals surface area contributed by atoms with Crippen LogP contribution >= 0.6 is 0 Å². The van der Waals surface area contributed by atoms with Gasteiger partial charge in [0, 0.05) is 17.2 Å². The highest BCUT2D eigenvalue weighted by Crippen LogP contribution is 2.36. The lowest BCUT2D eigenvalue weighted by molar-refractivity contribution is -0.117. The number of anilines is 1. The van der Waals surface area contributed by atoms with Gasteiger partial charge in [-0.05, 0) is 29.8 Å². The van der Waals surface area contributed by atoms with Crippen LogP contribution in [-0.2, 0) is 16.1 Å². The van der Waals surface area contributed by atoms with E-state index in [4.69, 9.17) is 9.47 Å². The number of carbonyl (C=O) groups excluding carboxylic acids is 1. The minimum atomic E-state index is -0.455. The standard InChI is InChI=1S/C24H21NO3/c1-27-21-14-11-18(12-15-21)13-16-23(26)25-22-10-6-5-9-20(22)17-28-24(25)19-7-3-2-4-8-19/h2-16,24H,17H2,1H3/b16-13+/t24-/m1/s1. The summed E-state index contributed by atoms with van der Waals surface area (Å²) in [6, 6.07) is 25.2. The molecule has 0 fully saturated rings. The Kier molecular flexibility index (Phi) is 5.22. The molecule has 0 aromatic heterocycles. The Morgan fingerprint density at radius 3 is 2.46 bits per heavy atom. The number of rotatable bonds is 4. The summed E-state index contributed by atoms with van der Waals surface area (Å²) in [6.07, 6.45) is 2.94. The lowest BCUT2D eigenvalue weighted by Crippen LogP contribution is -2.38. The van der Waals surface area contributed by atoms with Gasteiger partial charge >= 0.3 is 0 Å². The molecule has 0 unspecified atom stereocenters. The van der Waals surface area contributed by atoms with Crippen molar-refractivity contribution in [2.75, 3.05) is 12.0 Å². The van der Waals surface area contributed by atoms with Gasteiger partial charge in [0.05, 0.1) is 19.4 Å². The first-order valence-corrected chi connectivity index (χ1v) is 9.16. The number of para-hydroxylation sites is 1. The molecule has 0 N–H and O–H groups in total. The maximum Gasteiger partial charge on any atom is 0.253 e. The number of fused-ring (bicyclic) bond motifs is 1. The lowest BCUT2D eigenvalue weighted by Gasteiger charge is -2.36. The van der Waals surface area contributed by atoms with Crippen molar-refractivity contribution in [1.29, 1.82) is 0 Å². The molecular weight excluding hydrogens is 350 g/mol. The smallest absolute Gasteiger partial charge is 0.253 e. The molecule has 0 spiro atoms. The van der Waals surface area contributed by atoms with Gasteiger partial charge < -0.3 is 9.47 Å². The average Bonchev–Trinajstić information content (AvgIpc) is 2.77. The highest BCUT2D eigenvalue weighted by molar-refractivity contribution is 6.04. The molecule has 1 aliphatic rings. The zero-order valence-electron chi connectivity index (χ0n) is 15.6. The Morgan fingerprint density at radius 2 is 1.71 bits per heavy atom. The molecule has 4 heteroatoms. The van der Waals surface area contributed by atoms with Crippen LogP contribution in [0.25, 0.3) is 6.08 Å². The number of amides is 1. The van der Waals surface area contributed by atoms with E-state index in [-0.39, 0.29) is 5.91 Å². The summed E-state index contributed by atoms with van der Waals surface area (Å²) >= 11 is 0. The molecule has 28 heavy (non-hydrogen) atoms. The SMILES string of the molecule is COc1ccc(/C=C/C(=O)N2c3ccccc3CO[C@@H]2c2ccccc2)cc1. The molecule has 1 atom stereocenters. The van der Waals surface area contributed by atoms with Gasteiger partial charge in [-0.15, -0.1) is 0 Å². The van der Waals surface area contributed by atoms with Crippen LogP contribution < -0.4 is 9.64 Å². The van der Waals surface area contributed by atoms with Crippen LogP contribution in [0.1, 0.15) is 22.9 Å². The number of nitrogens with zero attached hydrogens (tertiary/aromatic N) is 1. The van der Waals surface area contributed by atoms with Crippen molar-refractivity contribution in [1.82, 2.24) is 0 Å². The first-order chi connectivity index (χ1) is 13.8. The topological polar surface area (TPSA) is 38.8 Å². The predicted octanol–water partition coefficient (Wildman–Crippen LogP) is 4.97. The molecule has 0 saturated carbocycles. The maximum atomic E-state index is 13.2. The molecule has 3 aromatic carbocycles. The average molecular weight is 371 g/mol. The van der Waals surface area contributed by atoms with Crippen molar-refractivity contribution < 1.29 is 14.3 Å². The van der Waals surface area contributed by atoms with Crippen molar-refractivity contribution in [3.05, 3.63) is 102 Å². The second-order valence-corrected chi connectivity index (χ2v) is 6.52. The molecule has 0 aliphatic carbocycles. The minimum Gasteiger partial charge on any atom is -0.497 e. The van der Waals surface area contributed by atoms with Gasteiger partial charge in [-0.25, -0.2) is 0 Å². The Morgan fingerprint density at radius 1 is 1.00 bits per heavy atom. The second kappa shape index (κ2) is 8.11. The van der Waals surface area contributed by atoms with E-state index in [0.717, 1.165) is 28.1 Å². The largest absolute Gasteiger partial charge is 0.497 e. The molecule has 1 heterocycles. The van der Waals surface area contributed by atoms with Crippen LogP contribution in [0.5, 0.6) is 5.75 Å². The Bertz CT molecular complexity index is 980. The van der Waals surface area contributed by atoms with E-state index >= 15 is 0 Å². The number of benzene rings is 3. The van der Waals surface area contributed by atoms with E-state index in [9.17, 15) is 4.79 Å². The normalized spacial score (nSPS) is 16.0. The van der Waals surface area contributed by atoms with E-state index in [1.165, 1.54) is 0 Å². The number of hydrogen-bond acceptors (Lipinski definition) is 3. The number of methoxy groups -OCH3 is 1. The first kappa shape index (κ1) is 18.0. The third-order valence-electron chi connectivity index (χ3n) is 4.74. The fraction of sp³-hybridized carbons (Fsp3) is 0.125. The zero-order valence-corrected chi connectivity index (χ0v) is 15.6. The summed E-state index contributed by atoms with van der Waals surface area (Å²) in [7, 11) is 1.63. The monoisotopic (exact) mass is 371 g/mol. The molecule has 0 saturated heterocycles. The van der Waals surface area contributed by atoms with E-state index in [0.29, 0.717) is 6.61 Å². The molecule has 140 valence electrons. The van der Waals surface area contributed by atoms with Gasteiger partial charge in [0.25, 0.3) is 5.91 Å². The number of ether oxygens (including phenoxy) is 2. The Hall–Kier alpha value is -3.37. The molecule has 0 bridgehead atoms. The highest BCUT2D eigenvalue weighted by atomic mass is 16.5. The van der Waals surface area contributed by atoms with E-state index in [2.05, 4.69) is 0 Å². The van der Waals surface area contributed by atoms with Crippen LogP contribution in [0, 0.1) is 0 Å². The summed E-state index contributed by atoms with van der Waals surface area (Å²) in [5.74, 6) is 0.655. The third-order valence-corrected chi connectivity index (χ3v) is 4.74. The Labute approximate surface area is 164 Å². The van der Waals surface area contributed by atoms with Crippen molar-refractivity contribution in [3.63, 3.8) is 0 Å². The fourth-order valence-electron chi connectivity index (χ4n) is 3.30. The third kappa shape index (κ3) is 3.68. The van der Waals surface area contributed by atoms with E-state index in [1.54, 1.807) is 24.2 Å². The summed E-state index contributed by atoms with van der Waals surface area (Å²) in [6.45, 7) is 0.474. The van der Waals surface area contributed by atoms with Crippen LogP contribution in [-0.4, -0.2) is 13.0 Å². The molecule has 0 radical (unpaired) electrons. The van der Waals surface area contributed by atoms with Crippen LogP contribution in [0.3, 0.4) is 0 Å². The van der Waals surface area contributed by atoms with Crippen LogP contribution in [0.15, 0.2) is 84.9 Å². The fourth-order valence-corrected chi connectivity index (χ4v) is 3.30. The second-order valence-electron chi connectivity index (χ2n) is 6.52. The minimum absolute atomic E-state index is 0.128. The van der Waals surface area contributed by atoms with E-state index in [1.807, 2.05) is 78.9 Å². The number of hydrogen-bond donors (Lipinski definition) is 0. The molecule has 3 aromatic rings.